The number of carbonyl (C=O) groups is 2. The third-order valence-corrected chi connectivity index (χ3v) is 3.98. The lowest BCUT2D eigenvalue weighted by molar-refractivity contribution is -0.116. The van der Waals surface area contributed by atoms with Crippen molar-refractivity contribution in [1.29, 1.82) is 0 Å². The van der Waals surface area contributed by atoms with Crippen molar-refractivity contribution in [2.75, 3.05) is 0 Å². The van der Waals surface area contributed by atoms with Gasteiger partial charge in [0.2, 0.25) is 0 Å². The summed E-state index contributed by atoms with van der Waals surface area (Å²) in [7, 11) is 0. The number of allylic oxidation sites excluding steroid dienone is 4. The zero-order chi connectivity index (χ0) is 14.3. The van der Waals surface area contributed by atoms with E-state index in [1.54, 1.807) is 12.3 Å². The van der Waals surface area contributed by atoms with Gasteiger partial charge in [-0.3, -0.25) is 9.59 Å². The lowest BCUT2D eigenvalue weighted by atomic mass is 9.76. The van der Waals surface area contributed by atoms with E-state index in [2.05, 4.69) is 5.32 Å². The fraction of sp³-hybridized carbons (Fsp3) is 0.375. The summed E-state index contributed by atoms with van der Waals surface area (Å²) in [5.74, 6) is 0.401. The standard InChI is InChI=1S/C16H17NO3/c1-9-14(10(2)18)16(13-7-4-8-20-13)15-11(17-9)5-3-6-12(15)19/h4,7-8,16-17H,3,5-6H2,1-2H3. The van der Waals surface area contributed by atoms with E-state index in [1.807, 2.05) is 13.0 Å². The topological polar surface area (TPSA) is 59.3 Å². The van der Waals surface area contributed by atoms with Crippen LogP contribution in [0.2, 0.25) is 0 Å². The van der Waals surface area contributed by atoms with Gasteiger partial charge in [-0.2, -0.15) is 0 Å². The summed E-state index contributed by atoms with van der Waals surface area (Å²) in [6.07, 6.45) is 3.83. The molecule has 1 atom stereocenters. The first-order chi connectivity index (χ1) is 9.59. The van der Waals surface area contributed by atoms with Crippen molar-refractivity contribution >= 4 is 11.6 Å². The van der Waals surface area contributed by atoms with Gasteiger partial charge in [-0.05, 0) is 38.8 Å². The normalized spacial score (nSPS) is 22.7. The summed E-state index contributed by atoms with van der Waals surface area (Å²) >= 11 is 0. The number of ketones is 2. The van der Waals surface area contributed by atoms with Crippen molar-refractivity contribution < 1.29 is 14.0 Å². The van der Waals surface area contributed by atoms with Gasteiger partial charge >= 0.3 is 0 Å². The lowest BCUT2D eigenvalue weighted by Gasteiger charge is -2.32. The molecule has 2 aliphatic rings. The monoisotopic (exact) mass is 271 g/mol. The Labute approximate surface area is 117 Å². The highest BCUT2D eigenvalue weighted by Gasteiger charge is 2.38. The Morgan fingerprint density at radius 1 is 1.40 bits per heavy atom. The van der Waals surface area contributed by atoms with Crippen LogP contribution in [0.3, 0.4) is 0 Å². The molecular formula is C16H17NO3. The number of hydrogen-bond acceptors (Lipinski definition) is 4. The second kappa shape index (κ2) is 4.78. The van der Waals surface area contributed by atoms with E-state index in [9.17, 15) is 9.59 Å². The Hall–Kier alpha value is -2.10. The second-order valence-electron chi connectivity index (χ2n) is 5.34. The van der Waals surface area contributed by atoms with Crippen LogP contribution in [0.15, 0.2) is 45.4 Å². The fourth-order valence-corrected chi connectivity index (χ4v) is 3.19. The molecule has 2 heterocycles. The molecule has 0 radical (unpaired) electrons. The fourth-order valence-electron chi connectivity index (χ4n) is 3.19. The van der Waals surface area contributed by atoms with Crippen LogP contribution in [0.4, 0.5) is 0 Å². The first-order valence-electron chi connectivity index (χ1n) is 6.88. The van der Waals surface area contributed by atoms with Gasteiger partial charge in [0.25, 0.3) is 0 Å². The summed E-state index contributed by atoms with van der Waals surface area (Å²) in [4.78, 5) is 24.4. The average Bonchev–Trinajstić information content (AvgIpc) is 2.90. The van der Waals surface area contributed by atoms with Crippen LogP contribution in [0.5, 0.6) is 0 Å². The van der Waals surface area contributed by atoms with Crippen LogP contribution in [0, 0.1) is 0 Å². The van der Waals surface area contributed by atoms with E-state index in [-0.39, 0.29) is 17.5 Å². The Bertz CT molecular complexity index is 635. The molecule has 0 amide bonds. The molecule has 1 unspecified atom stereocenters. The van der Waals surface area contributed by atoms with Gasteiger partial charge in [0.15, 0.2) is 11.6 Å². The Morgan fingerprint density at radius 2 is 2.20 bits per heavy atom. The zero-order valence-corrected chi connectivity index (χ0v) is 11.7. The van der Waals surface area contributed by atoms with E-state index in [4.69, 9.17) is 4.42 Å². The van der Waals surface area contributed by atoms with Crippen LogP contribution in [0.1, 0.15) is 44.8 Å². The van der Waals surface area contributed by atoms with Crippen LogP contribution in [-0.4, -0.2) is 11.6 Å². The molecule has 0 saturated carbocycles. The molecule has 4 nitrogen and oxygen atoms in total. The predicted molar refractivity (Wildman–Crippen MR) is 73.8 cm³/mol. The Kier molecular flexibility index (Phi) is 3.08. The summed E-state index contributed by atoms with van der Waals surface area (Å²) in [5, 5.41) is 3.25. The minimum absolute atomic E-state index is 0.0266. The molecule has 1 aromatic rings. The van der Waals surface area contributed by atoms with E-state index in [0.29, 0.717) is 23.3 Å². The molecular weight excluding hydrogens is 254 g/mol. The van der Waals surface area contributed by atoms with Crippen molar-refractivity contribution in [3.05, 3.63) is 46.7 Å². The number of rotatable bonds is 2. The molecule has 0 spiro atoms. The van der Waals surface area contributed by atoms with E-state index < -0.39 is 0 Å². The van der Waals surface area contributed by atoms with Crippen molar-refractivity contribution in [2.24, 2.45) is 0 Å². The molecule has 0 fully saturated rings. The quantitative estimate of drug-likeness (QED) is 0.898. The Balaban J connectivity index is 2.19. The minimum Gasteiger partial charge on any atom is -0.468 e. The molecule has 0 saturated heterocycles. The number of hydrogen-bond donors (Lipinski definition) is 1. The van der Waals surface area contributed by atoms with Gasteiger partial charge in [0.1, 0.15) is 5.76 Å². The van der Waals surface area contributed by atoms with Gasteiger partial charge in [0.05, 0.1) is 12.2 Å². The summed E-state index contributed by atoms with van der Waals surface area (Å²) in [5.41, 5.74) is 3.12. The van der Waals surface area contributed by atoms with Gasteiger partial charge in [-0.15, -0.1) is 0 Å². The molecule has 0 bridgehead atoms. The predicted octanol–water partition coefficient (Wildman–Crippen LogP) is 2.84. The van der Waals surface area contributed by atoms with Crippen molar-refractivity contribution in [3.8, 4) is 0 Å². The maximum Gasteiger partial charge on any atom is 0.161 e. The molecule has 104 valence electrons. The first kappa shape index (κ1) is 12.9. The minimum atomic E-state index is -0.355. The number of carbonyl (C=O) groups excluding carboxylic acids is 2. The summed E-state index contributed by atoms with van der Waals surface area (Å²) < 4.78 is 5.50. The largest absolute Gasteiger partial charge is 0.468 e. The first-order valence-corrected chi connectivity index (χ1v) is 6.88. The van der Waals surface area contributed by atoms with Gasteiger partial charge in [0, 0.05) is 29.0 Å². The molecule has 1 N–H and O–H groups in total. The van der Waals surface area contributed by atoms with Crippen LogP contribution < -0.4 is 5.32 Å². The highest BCUT2D eigenvalue weighted by atomic mass is 16.3. The maximum atomic E-state index is 12.3. The molecule has 1 aliphatic carbocycles. The zero-order valence-electron chi connectivity index (χ0n) is 11.7. The van der Waals surface area contributed by atoms with Crippen molar-refractivity contribution in [2.45, 2.75) is 39.0 Å². The molecule has 20 heavy (non-hydrogen) atoms. The third kappa shape index (κ3) is 1.92. The van der Waals surface area contributed by atoms with Crippen molar-refractivity contribution in [1.82, 2.24) is 5.32 Å². The molecule has 1 aromatic heterocycles. The van der Waals surface area contributed by atoms with Crippen LogP contribution in [-0.2, 0) is 9.59 Å². The van der Waals surface area contributed by atoms with Gasteiger partial charge in [-0.1, -0.05) is 0 Å². The number of furan rings is 1. The smallest absolute Gasteiger partial charge is 0.161 e. The van der Waals surface area contributed by atoms with Crippen LogP contribution >= 0.6 is 0 Å². The molecule has 1 aliphatic heterocycles. The second-order valence-corrected chi connectivity index (χ2v) is 5.34. The maximum absolute atomic E-state index is 12.3. The highest BCUT2D eigenvalue weighted by Crippen LogP contribution is 2.42. The van der Waals surface area contributed by atoms with Crippen molar-refractivity contribution in [3.63, 3.8) is 0 Å². The van der Waals surface area contributed by atoms with E-state index >= 15 is 0 Å². The van der Waals surface area contributed by atoms with Gasteiger partial charge in [-0.25, -0.2) is 0 Å². The lowest BCUT2D eigenvalue weighted by Crippen LogP contribution is -2.33. The highest BCUT2D eigenvalue weighted by molar-refractivity contribution is 6.04. The molecule has 4 heteroatoms. The number of dihydropyridines is 1. The molecule has 0 aromatic carbocycles. The third-order valence-electron chi connectivity index (χ3n) is 3.98. The van der Waals surface area contributed by atoms with Gasteiger partial charge < -0.3 is 9.73 Å². The number of nitrogens with one attached hydrogen (secondary N) is 1. The number of Topliss-reactive ketones (excluding diaryl/α,β-unsaturated/α-hetero) is 2. The summed E-state index contributed by atoms with van der Waals surface area (Å²) in [6.45, 7) is 3.42. The Morgan fingerprint density at radius 3 is 2.85 bits per heavy atom. The molecule has 3 rings (SSSR count). The summed E-state index contributed by atoms with van der Waals surface area (Å²) in [6, 6.07) is 3.62. The van der Waals surface area contributed by atoms with E-state index in [1.165, 1.54) is 6.92 Å². The van der Waals surface area contributed by atoms with E-state index in [0.717, 1.165) is 24.2 Å². The van der Waals surface area contributed by atoms with Crippen LogP contribution in [0.25, 0.3) is 0 Å². The average molecular weight is 271 g/mol. The SMILES string of the molecule is CC(=O)C1=C(C)NC2=C(C(=O)CCC2)C1c1ccco1.